The minimum absolute atomic E-state index is 0. The Labute approximate surface area is 155 Å². The Bertz CT molecular complexity index is 455. The van der Waals surface area contributed by atoms with E-state index in [1.807, 2.05) is 17.8 Å². The zero-order chi connectivity index (χ0) is 15.5. The molecular formula is C16H28IN3OS. The first-order chi connectivity index (χ1) is 10.2. The van der Waals surface area contributed by atoms with Crippen LogP contribution in [0.5, 0.6) is 5.75 Å². The van der Waals surface area contributed by atoms with E-state index in [-0.39, 0.29) is 24.0 Å². The number of nitrogens with one attached hydrogen (secondary N) is 2. The number of rotatable bonds is 8. The highest BCUT2D eigenvalue weighted by Gasteiger charge is 2.04. The SMILES string of the molecule is CN=C(NCCCSC)NCCc1cc(C)ccc1OC.I. The van der Waals surface area contributed by atoms with Gasteiger partial charge < -0.3 is 15.4 Å². The molecule has 126 valence electrons. The van der Waals surface area contributed by atoms with E-state index in [2.05, 4.69) is 40.9 Å². The maximum atomic E-state index is 5.40. The number of ether oxygens (including phenoxy) is 1. The molecule has 1 aromatic rings. The van der Waals surface area contributed by atoms with Crippen LogP contribution in [0.3, 0.4) is 0 Å². The van der Waals surface area contributed by atoms with Gasteiger partial charge in [0.05, 0.1) is 7.11 Å². The number of guanidine groups is 1. The van der Waals surface area contributed by atoms with Gasteiger partial charge in [0.25, 0.3) is 0 Å². The summed E-state index contributed by atoms with van der Waals surface area (Å²) >= 11 is 1.87. The maximum absolute atomic E-state index is 5.40. The smallest absolute Gasteiger partial charge is 0.190 e. The van der Waals surface area contributed by atoms with Crippen molar-refractivity contribution in [2.75, 3.05) is 39.3 Å². The number of nitrogens with zero attached hydrogens (tertiary/aromatic N) is 1. The molecule has 1 rings (SSSR count). The molecule has 0 unspecified atom stereocenters. The van der Waals surface area contributed by atoms with Crippen molar-refractivity contribution in [3.8, 4) is 5.75 Å². The van der Waals surface area contributed by atoms with Crippen LogP contribution in [0.2, 0.25) is 0 Å². The molecule has 0 bridgehead atoms. The molecule has 4 nitrogen and oxygen atoms in total. The molecule has 0 aliphatic rings. The lowest BCUT2D eigenvalue weighted by molar-refractivity contribution is 0.409. The molecule has 6 heteroatoms. The molecule has 0 heterocycles. The van der Waals surface area contributed by atoms with E-state index in [1.54, 1.807) is 14.2 Å². The van der Waals surface area contributed by atoms with Crippen LogP contribution in [0.25, 0.3) is 0 Å². The van der Waals surface area contributed by atoms with Crippen LogP contribution < -0.4 is 15.4 Å². The van der Waals surface area contributed by atoms with Gasteiger partial charge in [0.2, 0.25) is 0 Å². The van der Waals surface area contributed by atoms with E-state index in [0.717, 1.165) is 37.6 Å². The van der Waals surface area contributed by atoms with Crippen LogP contribution in [-0.4, -0.2) is 45.2 Å². The number of benzene rings is 1. The summed E-state index contributed by atoms with van der Waals surface area (Å²) in [7, 11) is 3.52. The Morgan fingerprint density at radius 2 is 2.00 bits per heavy atom. The molecule has 0 spiro atoms. The van der Waals surface area contributed by atoms with Gasteiger partial charge in [-0.2, -0.15) is 11.8 Å². The molecular weight excluding hydrogens is 409 g/mol. The second kappa shape index (κ2) is 12.9. The Balaban J connectivity index is 0.00000441. The zero-order valence-corrected chi connectivity index (χ0v) is 17.1. The van der Waals surface area contributed by atoms with Gasteiger partial charge in [0.15, 0.2) is 5.96 Å². The van der Waals surface area contributed by atoms with Gasteiger partial charge in [-0.05, 0) is 43.4 Å². The summed E-state index contributed by atoms with van der Waals surface area (Å²) in [6, 6.07) is 6.28. The van der Waals surface area contributed by atoms with Crippen molar-refractivity contribution < 1.29 is 4.74 Å². The molecule has 0 saturated heterocycles. The van der Waals surface area contributed by atoms with E-state index in [4.69, 9.17) is 4.74 Å². The fourth-order valence-electron chi connectivity index (χ4n) is 2.06. The predicted octanol–water partition coefficient (Wildman–Crippen LogP) is 3.08. The molecule has 1 aromatic carbocycles. The fourth-order valence-corrected chi connectivity index (χ4v) is 2.50. The van der Waals surface area contributed by atoms with E-state index in [9.17, 15) is 0 Å². The number of hydrogen-bond acceptors (Lipinski definition) is 3. The van der Waals surface area contributed by atoms with Crippen LogP contribution in [0, 0.1) is 6.92 Å². The molecule has 0 amide bonds. The summed E-state index contributed by atoms with van der Waals surface area (Å²) in [5.74, 6) is 2.98. The molecule has 0 aliphatic heterocycles. The van der Waals surface area contributed by atoms with Gasteiger partial charge in [-0.15, -0.1) is 24.0 Å². The normalized spacial score (nSPS) is 10.8. The Morgan fingerprint density at radius 3 is 2.64 bits per heavy atom. The van der Waals surface area contributed by atoms with Gasteiger partial charge >= 0.3 is 0 Å². The average Bonchev–Trinajstić information content (AvgIpc) is 2.50. The summed E-state index contributed by atoms with van der Waals surface area (Å²) < 4.78 is 5.40. The third kappa shape index (κ3) is 8.12. The minimum atomic E-state index is 0. The van der Waals surface area contributed by atoms with E-state index < -0.39 is 0 Å². The van der Waals surface area contributed by atoms with Crippen LogP contribution in [0.4, 0.5) is 0 Å². The average molecular weight is 437 g/mol. The molecule has 2 N–H and O–H groups in total. The van der Waals surface area contributed by atoms with Gasteiger partial charge in [-0.3, -0.25) is 4.99 Å². The van der Waals surface area contributed by atoms with E-state index in [1.165, 1.54) is 16.9 Å². The predicted molar refractivity (Wildman–Crippen MR) is 109 cm³/mol. The summed E-state index contributed by atoms with van der Waals surface area (Å²) in [5.41, 5.74) is 2.48. The highest BCUT2D eigenvalue weighted by atomic mass is 127. The number of aryl methyl sites for hydroxylation is 1. The second-order valence-electron chi connectivity index (χ2n) is 4.84. The number of halogens is 1. The van der Waals surface area contributed by atoms with Crippen molar-refractivity contribution in [3.05, 3.63) is 29.3 Å². The molecule has 0 aliphatic carbocycles. The molecule has 0 aromatic heterocycles. The zero-order valence-electron chi connectivity index (χ0n) is 13.9. The van der Waals surface area contributed by atoms with E-state index >= 15 is 0 Å². The summed E-state index contributed by atoms with van der Waals surface area (Å²) in [5, 5.41) is 6.67. The summed E-state index contributed by atoms with van der Waals surface area (Å²) in [4.78, 5) is 4.23. The molecule has 0 atom stereocenters. The maximum Gasteiger partial charge on any atom is 0.190 e. The third-order valence-electron chi connectivity index (χ3n) is 3.16. The Morgan fingerprint density at radius 1 is 1.27 bits per heavy atom. The van der Waals surface area contributed by atoms with Crippen molar-refractivity contribution in [2.24, 2.45) is 4.99 Å². The lowest BCUT2D eigenvalue weighted by atomic mass is 10.1. The summed E-state index contributed by atoms with van der Waals surface area (Å²) in [6.07, 6.45) is 4.19. The third-order valence-corrected chi connectivity index (χ3v) is 3.86. The first kappa shape index (κ1) is 21.4. The number of thioether (sulfide) groups is 1. The van der Waals surface area contributed by atoms with Crippen molar-refractivity contribution in [1.29, 1.82) is 0 Å². The standard InChI is InChI=1S/C16H27N3OS.HI/c1-13-6-7-15(20-3)14(12-13)8-10-19-16(17-2)18-9-5-11-21-4;/h6-7,12H,5,8-11H2,1-4H3,(H2,17,18,19);1H. The first-order valence-electron chi connectivity index (χ1n) is 7.28. The largest absolute Gasteiger partial charge is 0.496 e. The highest BCUT2D eigenvalue weighted by Crippen LogP contribution is 2.19. The van der Waals surface area contributed by atoms with Crippen LogP contribution in [0.15, 0.2) is 23.2 Å². The molecule has 0 fully saturated rings. The minimum Gasteiger partial charge on any atom is -0.496 e. The Hall–Kier alpha value is -0.630. The van der Waals surface area contributed by atoms with Crippen molar-refractivity contribution in [2.45, 2.75) is 19.8 Å². The second-order valence-corrected chi connectivity index (χ2v) is 5.82. The molecule has 22 heavy (non-hydrogen) atoms. The quantitative estimate of drug-likeness (QED) is 0.284. The summed E-state index contributed by atoms with van der Waals surface area (Å²) in [6.45, 7) is 3.89. The van der Waals surface area contributed by atoms with Crippen molar-refractivity contribution >= 4 is 41.7 Å². The topological polar surface area (TPSA) is 45.7 Å². The number of aliphatic imine (C=N–C) groups is 1. The van der Waals surface area contributed by atoms with Crippen LogP contribution in [-0.2, 0) is 6.42 Å². The van der Waals surface area contributed by atoms with Crippen LogP contribution >= 0.6 is 35.7 Å². The number of methoxy groups -OCH3 is 1. The van der Waals surface area contributed by atoms with E-state index in [0.29, 0.717) is 0 Å². The van der Waals surface area contributed by atoms with Gasteiger partial charge in [-0.25, -0.2) is 0 Å². The Kier molecular flexibility index (Phi) is 12.5. The van der Waals surface area contributed by atoms with Gasteiger partial charge in [-0.1, -0.05) is 17.7 Å². The molecule has 0 radical (unpaired) electrons. The first-order valence-corrected chi connectivity index (χ1v) is 8.67. The molecule has 0 saturated carbocycles. The van der Waals surface area contributed by atoms with Gasteiger partial charge in [0.1, 0.15) is 5.75 Å². The highest BCUT2D eigenvalue weighted by molar-refractivity contribution is 14.0. The monoisotopic (exact) mass is 437 g/mol. The lowest BCUT2D eigenvalue weighted by Crippen LogP contribution is -2.38. The van der Waals surface area contributed by atoms with Crippen molar-refractivity contribution in [1.82, 2.24) is 10.6 Å². The fraction of sp³-hybridized carbons (Fsp3) is 0.562. The van der Waals surface area contributed by atoms with Gasteiger partial charge in [0, 0.05) is 20.1 Å². The van der Waals surface area contributed by atoms with Crippen molar-refractivity contribution in [3.63, 3.8) is 0 Å². The number of hydrogen-bond donors (Lipinski definition) is 2. The lowest BCUT2D eigenvalue weighted by Gasteiger charge is -2.13. The van der Waals surface area contributed by atoms with Crippen LogP contribution in [0.1, 0.15) is 17.5 Å².